The van der Waals surface area contributed by atoms with Crippen LogP contribution in [0.5, 0.6) is 5.75 Å². The number of aromatic nitrogens is 1. The average molecular weight is 309 g/mol. The smallest absolute Gasteiger partial charge is 0.248 e. The first-order chi connectivity index (χ1) is 11.1. The zero-order valence-electron chi connectivity index (χ0n) is 12.4. The van der Waals surface area contributed by atoms with Gasteiger partial charge in [0, 0.05) is 24.5 Å². The quantitative estimate of drug-likeness (QED) is 0.579. The molecule has 2 aromatic carbocycles. The van der Waals surface area contributed by atoms with E-state index in [0.29, 0.717) is 29.6 Å². The molecule has 23 heavy (non-hydrogen) atoms. The molecule has 0 unspecified atom stereocenters. The molecule has 0 saturated heterocycles. The number of aromatic amines is 1. The predicted molar refractivity (Wildman–Crippen MR) is 88.2 cm³/mol. The second kappa shape index (κ2) is 6.64. The van der Waals surface area contributed by atoms with Gasteiger partial charge < -0.3 is 20.5 Å². The fraction of sp³-hybridized carbons (Fsp3) is 0.167. The molecule has 1 radical (unpaired) electrons. The van der Waals surface area contributed by atoms with E-state index in [1.165, 1.54) is 12.1 Å². The molecule has 117 valence electrons. The van der Waals surface area contributed by atoms with Gasteiger partial charge in [-0.3, -0.25) is 4.79 Å². The van der Waals surface area contributed by atoms with Gasteiger partial charge in [-0.2, -0.15) is 0 Å². The van der Waals surface area contributed by atoms with Gasteiger partial charge in [-0.05, 0) is 29.3 Å². The molecular weight excluding hydrogens is 292 g/mol. The summed E-state index contributed by atoms with van der Waals surface area (Å²) in [7, 11) is 0. The van der Waals surface area contributed by atoms with Crippen molar-refractivity contribution in [2.75, 3.05) is 6.54 Å². The van der Waals surface area contributed by atoms with E-state index in [-0.39, 0.29) is 11.3 Å². The lowest BCUT2D eigenvalue weighted by Gasteiger charge is -2.15. The van der Waals surface area contributed by atoms with Gasteiger partial charge in [0.15, 0.2) is 0 Å². The van der Waals surface area contributed by atoms with Crippen LogP contribution in [-0.2, 0) is 6.54 Å². The lowest BCUT2D eigenvalue weighted by atomic mass is 10.0. The van der Waals surface area contributed by atoms with Crippen LogP contribution in [0.2, 0.25) is 0 Å². The van der Waals surface area contributed by atoms with Gasteiger partial charge in [0.05, 0.1) is 11.6 Å². The van der Waals surface area contributed by atoms with Crippen LogP contribution in [0.15, 0.2) is 53.3 Å². The van der Waals surface area contributed by atoms with Crippen LogP contribution in [0.4, 0.5) is 0 Å². The summed E-state index contributed by atoms with van der Waals surface area (Å²) < 4.78 is 0. The number of aliphatic hydroxyl groups excluding tert-OH is 1. The van der Waals surface area contributed by atoms with E-state index < -0.39 is 6.10 Å². The van der Waals surface area contributed by atoms with Crippen molar-refractivity contribution in [2.45, 2.75) is 12.6 Å². The molecule has 0 saturated carbocycles. The van der Waals surface area contributed by atoms with E-state index in [2.05, 4.69) is 16.4 Å². The van der Waals surface area contributed by atoms with Crippen molar-refractivity contribution >= 4 is 10.9 Å². The number of benzene rings is 2. The van der Waals surface area contributed by atoms with Crippen molar-refractivity contribution in [2.24, 2.45) is 0 Å². The highest BCUT2D eigenvalue weighted by atomic mass is 16.3. The molecule has 1 atom stereocenters. The van der Waals surface area contributed by atoms with Crippen LogP contribution in [0.25, 0.3) is 10.9 Å². The standard InChI is InChI=1S/C18H17N2O3/c21-15-8-6-13(14-7-9-17(23)20-18(14)15)16(22)11-19-10-12-4-2-1-3-5-12/h2-9,16,19,21-22H,10-11H2,(H,20,23)/t16-/m0/s1. The second-order valence-electron chi connectivity index (χ2n) is 5.34. The molecule has 0 aliphatic rings. The van der Waals surface area contributed by atoms with Gasteiger partial charge in [0.25, 0.3) is 0 Å². The number of hydrogen-bond acceptors (Lipinski definition) is 4. The Bertz CT molecular complexity index is 859. The zero-order chi connectivity index (χ0) is 16.2. The van der Waals surface area contributed by atoms with Gasteiger partial charge in [0.2, 0.25) is 5.56 Å². The lowest BCUT2D eigenvalue weighted by Crippen LogP contribution is -2.21. The first-order valence-electron chi connectivity index (χ1n) is 7.34. The maximum atomic E-state index is 11.4. The summed E-state index contributed by atoms with van der Waals surface area (Å²) in [4.78, 5) is 14.0. The van der Waals surface area contributed by atoms with Crippen LogP contribution >= 0.6 is 0 Å². The Labute approximate surface area is 133 Å². The van der Waals surface area contributed by atoms with Gasteiger partial charge in [-0.25, -0.2) is 0 Å². The maximum Gasteiger partial charge on any atom is 0.248 e. The number of H-pyrrole nitrogens is 1. The van der Waals surface area contributed by atoms with Crippen LogP contribution in [0, 0.1) is 6.07 Å². The second-order valence-corrected chi connectivity index (χ2v) is 5.34. The van der Waals surface area contributed by atoms with Crippen molar-refractivity contribution < 1.29 is 10.2 Å². The highest BCUT2D eigenvalue weighted by Crippen LogP contribution is 2.28. The van der Waals surface area contributed by atoms with Crippen LogP contribution in [0.1, 0.15) is 17.2 Å². The Morgan fingerprint density at radius 3 is 2.70 bits per heavy atom. The maximum absolute atomic E-state index is 11.4. The number of pyridine rings is 1. The van der Waals surface area contributed by atoms with E-state index >= 15 is 0 Å². The van der Waals surface area contributed by atoms with Gasteiger partial charge in [-0.1, -0.05) is 30.3 Å². The number of phenols is 1. The summed E-state index contributed by atoms with van der Waals surface area (Å²) in [6.07, 6.45) is -0.751. The van der Waals surface area contributed by atoms with E-state index in [1.807, 2.05) is 24.3 Å². The van der Waals surface area contributed by atoms with Crippen LogP contribution < -0.4 is 10.9 Å². The largest absolute Gasteiger partial charge is 0.506 e. The first kappa shape index (κ1) is 15.3. The van der Waals surface area contributed by atoms with Crippen molar-refractivity contribution in [1.82, 2.24) is 10.3 Å². The minimum atomic E-state index is -0.751. The molecule has 1 aromatic heterocycles. The first-order valence-corrected chi connectivity index (χ1v) is 7.34. The number of phenolic OH excluding ortho intramolecular Hbond substituents is 1. The summed E-state index contributed by atoms with van der Waals surface area (Å²) in [6.45, 7) is 0.996. The number of hydrogen-bond donors (Lipinski definition) is 4. The fourth-order valence-electron chi connectivity index (χ4n) is 2.55. The molecule has 0 amide bonds. The lowest BCUT2D eigenvalue weighted by molar-refractivity contribution is 0.176. The number of aromatic hydroxyl groups is 1. The van der Waals surface area contributed by atoms with E-state index in [1.54, 1.807) is 12.1 Å². The molecule has 4 N–H and O–H groups in total. The summed E-state index contributed by atoms with van der Waals surface area (Å²) in [5.74, 6) is -0.0119. The van der Waals surface area contributed by atoms with Crippen LogP contribution in [-0.4, -0.2) is 21.7 Å². The van der Waals surface area contributed by atoms with Gasteiger partial charge in [0.1, 0.15) is 5.75 Å². The SMILES string of the molecule is O=c1ccc2c([C@@H](O)CNCc3cc[c]cc3)ccc(O)c2[nH]1. The Kier molecular flexibility index (Phi) is 4.41. The third kappa shape index (κ3) is 3.41. The Hall–Kier alpha value is -2.63. The number of nitrogens with one attached hydrogen (secondary N) is 2. The minimum absolute atomic E-state index is 0.0119. The predicted octanol–water partition coefficient (Wildman–Crippen LogP) is 1.86. The normalized spacial score (nSPS) is 12.4. The zero-order valence-corrected chi connectivity index (χ0v) is 12.4. The molecule has 1 heterocycles. The van der Waals surface area contributed by atoms with E-state index in [0.717, 1.165) is 5.56 Å². The summed E-state index contributed by atoms with van der Waals surface area (Å²) >= 11 is 0. The molecule has 5 heteroatoms. The Balaban J connectivity index is 1.77. The molecule has 3 aromatic rings. The van der Waals surface area contributed by atoms with Crippen molar-refractivity contribution in [1.29, 1.82) is 0 Å². The van der Waals surface area contributed by atoms with E-state index in [9.17, 15) is 15.0 Å². The van der Waals surface area contributed by atoms with Crippen molar-refractivity contribution in [3.05, 3.63) is 76.1 Å². The molecule has 0 spiro atoms. The summed E-state index contributed by atoms with van der Waals surface area (Å²) in [6, 6.07) is 16.7. The Morgan fingerprint density at radius 1 is 1.13 bits per heavy atom. The Morgan fingerprint density at radius 2 is 1.91 bits per heavy atom. The topological polar surface area (TPSA) is 85.3 Å². The number of rotatable bonds is 5. The molecule has 0 aliphatic carbocycles. The fourth-order valence-corrected chi connectivity index (χ4v) is 2.55. The van der Waals surface area contributed by atoms with Crippen LogP contribution in [0.3, 0.4) is 0 Å². The molecule has 3 rings (SSSR count). The van der Waals surface area contributed by atoms with E-state index in [4.69, 9.17) is 0 Å². The molecule has 0 bridgehead atoms. The number of aliphatic hydroxyl groups is 1. The highest BCUT2D eigenvalue weighted by molar-refractivity contribution is 5.87. The molecule has 0 fully saturated rings. The highest BCUT2D eigenvalue weighted by Gasteiger charge is 2.13. The minimum Gasteiger partial charge on any atom is -0.506 e. The molecule has 0 aliphatic heterocycles. The van der Waals surface area contributed by atoms with Gasteiger partial charge in [-0.15, -0.1) is 0 Å². The third-order valence-electron chi connectivity index (χ3n) is 3.72. The monoisotopic (exact) mass is 309 g/mol. The molecular formula is C18H17N2O3. The third-order valence-corrected chi connectivity index (χ3v) is 3.72. The van der Waals surface area contributed by atoms with Gasteiger partial charge >= 0.3 is 0 Å². The average Bonchev–Trinajstić information content (AvgIpc) is 2.56. The summed E-state index contributed by atoms with van der Waals surface area (Å²) in [5.41, 5.74) is 1.81. The molecule has 5 nitrogen and oxygen atoms in total. The number of fused-ring (bicyclic) bond motifs is 1. The summed E-state index contributed by atoms with van der Waals surface area (Å²) in [5, 5.41) is 24.1. The van der Waals surface area contributed by atoms with Crippen molar-refractivity contribution in [3.63, 3.8) is 0 Å². The van der Waals surface area contributed by atoms with Crippen molar-refractivity contribution in [3.8, 4) is 5.75 Å².